The molecule has 0 saturated heterocycles. The van der Waals surface area contributed by atoms with Crippen LogP contribution in [0.3, 0.4) is 0 Å². The van der Waals surface area contributed by atoms with Crippen molar-refractivity contribution in [2.45, 2.75) is 5.16 Å². The molecule has 0 unspecified atom stereocenters. The summed E-state index contributed by atoms with van der Waals surface area (Å²) in [5, 5.41) is 6.29. The second-order valence-corrected chi connectivity index (χ2v) is 8.93. The maximum Gasteiger partial charge on any atom is 0.266 e. The SMILES string of the molecule is O=C(CSc1nc2ccccc2c(=O)n1-c1ccccc1)Nc1nc(-c2ccccc2)cs1. The van der Waals surface area contributed by atoms with Gasteiger partial charge in [0.25, 0.3) is 5.56 Å². The molecule has 6 nitrogen and oxygen atoms in total. The predicted molar refractivity (Wildman–Crippen MR) is 134 cm³/mol. The number of thioether (sulfide) groups is 1. The Labute approximate surface area is 198 Å². The van der Waals surface area contributed by atoms with Gasteiger partial charge in [0, 0.05) is 10.9 Å². The molecule has 0 aliphatic rings. The predicted octanol–water partition coefficient (Wildman–Crippen LogP) is 5.24. The van der Waals surface area contributed by atoms with Crippen LogP contribution < -0.4 is 10.9 Å². The molecule has 0 radical (unpaired) electrons. The highest BCUT2D eigenvalue weighted by Crippen LogP contribution is 2.25. The minimum Gasteiger partial charge on any atom is -0.301 e. The van der Waals surface area contributed by atoms with Gasteiger partial charge in [-0.25, -0.2) is 9.97 Å². The van der Waals surface area contributed by atoms with Gasteiger partial charge in [-0.1, -0.05) is 72.4 Å². The first-order chi connectivity index (χ1) is 16.2. The van der Waals surface area contributed by atoms with Crippen molar-refractivity contribution in [3.05, 3.63) is 101 Å². The van der Waals surface area contributed by atoms with Crippen molar-refractivity contribution in [3.8, 4) is 16.9 Å². The standard InChI is InChI=1S/C25H18N4O2S2/c30-22(28-24-26-21(15-32-24)17-9-3-1-4-10-17)16-33-25-27-20-14-8-7-13-19(20)23(31)29(25)18-11-5-2-6-12-18/h1-15H,16H2,(H,26,28,30). The lowest BCUT2D eigenvalue weighted by Gasteiger charge is -2.13. The molecular formula is C25H18N4O2S2. The van der Waals surface area contributed by atoms with Crippen LogP contribution in [0.15, 0.2) is 100 Å². The van der Waals surface area contributed by atoms with Crippen LogP contribution in [0, 0.1) is 0 Å². The highest BCUT2D eigenvalue weighted by Gasteiger charge is 2.15. The molecule has 0 spiro atoms. The Kier molecular flexibility index (Phi) is 6.01. The molecule has 1 N–H and O–H groups in total. The van der Waals surface area contributed by atoms with E-state index in [-0.39, 0.29) is 17.2 Å². The Morgan fingerprint density at radius 2 is 1.61 bits per heavy atom. The second kappa shape index (κ2) is 9.40. The van der Waals surface area contributed by atoms with Crippen LogP contribution in [0.25, 0.3) is 27.8 Å². The summed E-state index contributed by atoms with van der Waals surface area (Å²) in [6, 6.07) is 26.4. The second-order valence-electron chi connectivity index (χ2n) is 7.13. The molecule has 0 bridgehead atoms. The Hall–Kier alpha value is -3.75. The zero-order valence-electron chi connectivity index (χ0n) is 17.3. The van der Waals surface area contributed by atoms with E-state index in [1.54, 1.807) is 16.7 Å². The van der Waals surface area contributed by atoms with Gasteiger partial charge < -0.3 is 5.32 Å². The average Bonchev–Trinajstić information content (AvgIpc) is 3.32. The molecule has 5 aromatic rings. The quantitative estimate of drug-likeness (QED) is 0.271. The highest BCUT2D eigenvalue weighted by atomic mass is 32.2. The van der Waals surface area contributed by atoms with Gasteiger partial charge in [-0.2, -0.15) is 0 Å². The van der Waals surface area contributed by atoms with E-state index in [1.807, 2.05) is 78.2 Å². The van der Waals surface area contributed by atoms with E-state index < -0.39 is 0 Å². The fourth-order valence-electron chi connectivity index (χ4n) is 3.37. The molecule has 8 heteroatoms. The van der Waals surface area contributed by atoms with Gasteiger partial charge in [-0.05, 0) is 24.3 Å². The van der Waals surface area contributed by atoms with Crippen molar-refractivity contribution in [1.82, 2.24) is 14.5 Å². The van der Waals surface area contributed by atoms with Crippen LogP contribution in [-0.4, -0.2) is 26.2 Å². The number of hydrogen-bond acceptors (Lipinski definition) is 6. The maximum atomic E-state index is 13.2. The molecule has 162 valence electrons. The minimum atomic E-state index is -0.212. The van der Waals surface area contributed by atoms with Crippen LogP contribution >= 0.6 is 23.1 Å². The number of rotatable bonds is 6. The fraction of sp³-hybridized carbons (Fsp3) is 0.0400. The number of nitrogens with one attached hydrogen (secondary N) is 1. The molecule has 2 aromatic heterocycles. The van der Waals surface area contributed by atoms with Gasteiger partial charge in [0.1, 0.15) is 0 Å². The molecule has 0 fully saturated rings. The Bertz CT molecular complexity index is 1480. The number of carbonyl (C=O) groups is 1. The molecule has 1 amide bonds. The summed E-state index contributed by atoms with van der Waals surface area (Å²) in [4.78, 5) is 35.0. The number of hydrogen-bond donors (Lipinski definition) is 1. The number of nitrogens with zero attached hydrogens (tertiary/aromatic N) is 3. The van der Waals surface area contributed by atoms with Crippen molar-refractivity contribution in [2.24, 2.45) is 0 Å². The van der Waals surface area contributed by atoms with Crippen LogP contribution in [0.1, 0.15) is 0 Å². The minimum absolute atomic E-state index is 0.0951. The molecule has 2 heterocycles. The van der Waals surface area contributed by atoms with E-state index >= 15 is 0 Å². The number of carbonyl (C=O) groups excluding carboxylic acids is 1. The topological polar surface area (TPSA) is 76.9 Å². The summed E-state index contributed by atoms with van der Waals surface area (Å²) >= 11 is 2.59. The monoisotopic (exact) mass is 470 g/mol. The lowest BCUT2D eigenvalue weighted by molar-refractivity contribution is -0.113. The van der Waals surface area contributed by atoms with Gasteiger partial charge in [0.15, 0.2) is 10.3 Å². The van der Waals surface area contributed by atoms with Crippen LogP contribution in [-0.2, 0) is 4.79 Å². The van der Waals surface area contributed by atoms with Crippen LogP contribution in [0.2, 0.25) is 0 Å². The first-order valence-electron chi connectivity index (χ1n) is 10.2. The van der Waals surface area contributed by atoms with E-state index in [2.05, 4.69) is 15.3 Å². The first-order valence-corrected chi connectivity index (χ1v) is 12.1. The summed E-state index contributed by atoms with van der Waals surface area (Å²) in [6.07, 6.45) is 0. The maximum absolute atomic E-state index is 13.2. The van der Waals surface area contributed by atoms with E-state index in [0.717, 1.165) is 11.3 Å². The molecule has 5 rings (SSSR count). The summed E-state index contributed by atoms with van der Waals surface area (Å²) in [7, 11) is 0. The third-order valence-electron chi connectivity index (χ3n) is 4.91. The normalized spacial score (nSPS) is 10.9. The third kappa shape index (κ3) is 4.57. The fourth-order valence-corrected chi connectivity index (χ4v) is 4.92. The summed E-state index contributed by atoms with van der Waals surface area (Å²) < 4.78 is 1.55. The third-order valence-corrected chi connectivity index (χ3v) is 6.61. The van der Waals surface area contributed by atoms with Gasteiger partial charge in [0.05, 0.1) is 28.0 Å². The molecule has 0 saturated carbocycles. The van der Waals surface area contributed by atoms with E-state index in [1.165, 1.54) is 23.1 Å². The molecule has 3 aromatic carbocycles. The number of para-hydroxylation sites is 2. The van der Waals surface area contributed by atoms with Crippen molar-refractivity contribution >= 4 is 45.0 Å². The average molecular weight is 471 g/mol. The number of thiazole rings is 1. The molecule has 0 atom stereocenters. The lowest BCUT2D eigenvalue weighted by atomic mass is 10.2. The highest BCUT2D eigenvalue weighted by molar-refractivity contribution is 7.99. The summed E-state index contributed by atoms with van der Waals surface area (Å²) in [5.74, 6) is -0.117. The number of anilines is 1. The van der Waals surface area contributed by atoms with Crippen molar-refractivity contribution in [2.75, 3.05) is 11.1 Å². The van der Waals surface area contributed by atoms with E-state index in [4.69, 9.17) is 0 Å². The number of benzene rings is 3. The van der Waals surface area contributed by atoms with Crippen molar-refractivity contribution in [1.29, 1.82) is 0 Å². The van der Waals surface area contributed by atoms with Gasteiger partial charge >= 0.3 is 0 Å². The summed E-state index contributed by atoms with van der Waals surface area (Å²) in [6.45, 7) is 0. The molecule has 33 heavy (non-hydrogen) atoms. The van der Waals surface area contributed by atoms with Gasteiger partial charge in [-0.3, -0.25) is 14.2 Å². The van der Waals surface area contributed by atoms with Gasteiger partial charge in [-0.15, -0.1) is 11.3 Å². The number of aromatic nitrogens is 3. The Morgan fingerprint density at radius 1 is 0.909 bits per heavy atom. The number of amides is 1. The van der Waals surface area contributed by atoms with Crippen LogP contribution in [0.5, 0.6) is 0 Å². The molecule has 0 aliphatic carbocycles. The van der Waals surface area contributed by atoms with E-state index in [9.17, 15) is 9.59 Å². The van der Waals surface area contributed by atoms with E-state index in [0.29, 0.717) is 26.9 Å². The zero-order chi connectivity index (χ0) is 22.6. The van der Waals surface area contributed by atoms with Crippen molar-refractivity contribution in [3.63, 3.8) is 0 Å². The van der Waals surface area contributed by atoms with Gasteiger partial charge in [0.2, 0.25) is 5.91 Å². The first kappa shape index (κ1) is 21.1. The smallest absolute Gasteiger partial charge is 0.266 e. The van der Waals surface area contributed by atoms with Crippen molar-refractivity contribution < 1.29 is 4.79 Å². The summed E-state index contributed by atoms with van der Waals surface area (Å²) in [5.41, 5.74) is 2.96. The largest absolute Gasteiger partial charge is 0.301 e. The molecule has 0 aliphatic heterocycles. The Balaban J connectivity index is 1.38. The Morgan fingerprint density at radius 3 is 2.39 bits per heavy atom. The van der Waals surface area contributed by atoms with Crippen LogP contribution in [0.4, 0.5) is 5.13 Å². The molecular weight excluding hydrogens is 452 g/mol. The zero-order valence-corrected chi connectivity index (χ0v) is 19.0. The number of fused-ring (bicyclic) bond motifs is 1. The lowest BCUT2D eigenvalue weighted by Crippen LogP contribution is -2.22.